The van der Waals surface area contributed by atoms with E-state index in [1.54, 1.807) is 26.0 Å². The van der Waals surface area contributed by atoms with Gasteiger partial charge in [-0.25, -0.2) is 0 Å². The molecule has 1 aromatic carbocycles. The second kappa shape index (κ2) is 4.34. The third kappa shape index (κ3) is 2.24. The quantitative estimate of drug-likeness (QED) is 0.810. The number of benzene rings is 1. The van der Waals surface area contributed by atoms with E-state index < -0.39 is 0 Å². The fourth-order valence-corrected chi connectivity index (χ4v) is 1.83. The van der Waals surface area contributed by atoms with Gasteiger partial charge in [0.1, 0.15) is 0 Å². The summed E-state index contributed by atoms with van der Waals surface area (Å²) in [6.07, 6.45) is 1.08. The molecule has 0 N–H and O–H groups in total. The Balaban J connectivity index is 2.46. The third-order valence-corrected chi connectivity index (χ3v) is 2.58. The number of carbonyl (C=O) groups is 2. The van der Waals surface area contributed by atoms with Gasteiger partial charge in [-0.15, -0.1) is 0 Å². The Morgan fingerprint density at radius 1 is 1.18 bits per heavy atom. The van der Waals surface area contributed by atoms with E-state index in [0.29, 0.717) is 16.1 Å². The van der Waals surface area contributed by atoms with Crippen molar-refractivity contribution in [2.75, 3.05) is 0 Å². The Bertz CT molecular complexity index is 529. The number of Topliss-reactive ketones (excluding diaryl/α,β-unsaturated/α-hetero) is 1. The standard InChI is InChI=1S/C13H11ClO3/c1-7(2)17-12-6-11(15)10-5-8(14)3-4-9(10)13(12)16/h3-7H,1-2H3. The topological polar surface area (TPSA) is 43.4 Å². The van der Waals surface area contributed by atoms with Crippen LogP contribution in [0.2, 0.25) is 5.02 Å². The number of halogens is 1. The fourth-order valence-electron chi connectivity index (χ4n) is 1.65. The summed E-state index contributed by atoms with van der Waals surface area (Å²) < 4.78 is 5.32. The van der Waals surface area contributed by atoms with Crippen LogP contribution >= 0.6 is 11.6 Å². The van der Waals surface area contributed by atoms with E-state index in [0.717, 1.165) is 0 Å². The third-order valence-electron chi connectivity index (χ3n) is 2.34. The van der Waals surface area contributed by atoms with Crippen molar-refractivity contribution in [2.45, 2.75) is 20.0 Å². The molecular weight excluding hydrogens is 240 g/mol. The number of ether oxygens (including phenoxy) is 1. The molecule has 0 unspecified atom stereocenters. The zero-order valence-electron chi connectivity index (χ0n) is 9.49. The van der Waals surface area contributed by atoms with Crippen LogP contribution in [0.15, 0.2) is 30.0 Å². The summed E-state index contributed by atoms with van der Waals surface area (Å²) in [7, 11) is 0. The summed E-state index contributed by atoms with van der Waals surface area (Å²) in [5, 5.41) is 0.437. The Morgan fingerprint density at radius 3 is 2.53 bits per heavy atom. The van der Waals surface area contributed by atoms with Crippen LogP contribution in [0.3, 0.4) is 0 Å². The normalized spacial score (nSPS) is 14.7. The summed E-state index contributed by atoms with van der Waals surface area (Å²) in [4.78, 5) is 23.8. The number of fused-ring (bicyclic) bond motifs is 1. The highest BCUT2D eigenvalue weighted by atomic mass is 35.5. The molecule has 1 aliphatic rings. The van der Waals surface area contributed by atoms with E-state index in [1.807, 2.05) is 0 Å². The van der Waals surface area contributed by atoms with Gasteiger partial charge in [0, 0.05) is 22.2 Å². The summed E-state index contributed by atoms with van der Waals surface area (Å²) >= 11 is 5.79. The van der Waals surface area contributed by atoms with Crippen molar-refractivity contribution in [1.82, 2.24) is 0 Å². The monoisotopic (exact) mass is 250 g/mol. The van der Waals surface area contributed by atoms with Crippen LogP contribution in [0.5, 0.6) is 0 Å². The maximum atomic E-state index is 12.0. The van der Waals surface area contributed by atoms with Crippen LogP contribution in [0, 0.1) is 0 Å². The molecule has 4 heteroatoms. The van der Waals surface area contributed by atoms with Crippen LogP contribution in [0.4, 0.5) is 0 Å². The molecule has 0 saturated heterocycles. The molecule has 0 bridgehead atoms. The summed E-state index contributed by atoms with van der Waals surface area (Å²) in [5.74, 6) is -0.428. The first-order chi connectivity index (χ1) is 7.99. The van der Waals surface area contributed by atoms with Gasteiger partial charge in [0.2, 0.25) is 5.78 Å². The van der Waals surface area contributed by atoms with Gasteiger partial charge in [-0.1, -0.05) is 11.6 Å². The van der Waals surface area contributed by atoms with E-state index in [9.17, 15) is 9.59 Å². The second-order valence-electron chi connectivity index (χ2n) is 4.06. The molecule has 0 heterocycles. The van der Waals surface area contributed by atoms with Crippen molar-refractivity contribution in [2.24, 2.45) is 0 Å². The van der Waals surface area contributed by atoms with Crippen molar-refractivity contribution in [3.63, 3.8) is 0 Å². The first-order valence-electron chi connectivity index (χ1n) is 5.26. The predicted molar refractivity (Wildman–Crippen MR) is 64.4 cm³/mol. The minimum Gasteiger partial charge on any atom is -0.487 e. The first-order valence-corrected chi connectivity index (χ1v) is 5.64. The van der Waals surface area contributed by atoms with E-state index in [2.05, 4.69) is 0 Å². The molecule has 0 atom stereocenters. The molecule has 88 valence electrons. The predicted octanol–water partition coefficient (Wildman–Crippen LogP) is 3.03. The zero-order chi connectivity index (χ0) is 12.6. The van der Waals surface area contributed by atoms with Crippen molar-refractivity contribution >= 4 is 23.2 Å². The van der Waals surface area contributed by atoms with E-state index in [-0.39, 0.29) is 23.4 Å². The van der Waals surface area contributed by atoms with Crippen molar-refractivity contribution in [3.05, 3.63) is 46.2 Å². The van der Waals surface area contributed by atoms with Crippen molar-refractivity contribution < 1.29 is 14.3 Å². The van der Waals surface area contributed by atoms with E-state index >= 15 is 0 Å². The van der Waals surface area contributed by atoms with Gasteiger partial charge in [-0.2, -0.15) is 0 Å². The van der Waals surface area contributed by atoms with Gasteiger partial charge >= 0.3 is 0 Å². The Hall–Kier alpha value is -1.61. The Morgan fingerprint density at radius 2 is 1.88 bits per heavy atom. The molecule has 0 radical (unpaired) electrons. The Kier molecular flexibility index (Phi) is 3.03. The summed E-state index contributed by atoms with van der Waals surface area (Å²) in [5.41, 5.74) is 0.677. The Labute approximate surface area is 104 Å². The van der Waals surface area contributed by atoms with E-state index in [1.165, 1.54) is 12.1 Å². The summed E-state index contributed by atoms with van der Waals surface area (Å²) in [6, 6.07) is 4.64. The number of allylic oxidation sites excluding steroid dienone is 2. The molecule has 2 rings (SSSR count). The maximum absolute atomic E-state index is 12.0. The number of hydrogen-bond donors (Lipinski definition) is 0. The molecule has 17 heavy (non-hydrogen) atoms. The van der Waals surface area contributed by atoms with Crippen LogP contribution in [-0.4, -0.2) is 17.7 Å². The molecule has 0 aromatic heterocycles. The second-order valence-corrected chi connectivity index (χ2v) is 4.49. The van der Waals surface area contributed by atoms with Crippen LogP contribution in [-0.2, 0) is 4.74 Å². The van der Waals surface area contributed by atoms with Crippen LogP contribution in [0.1, 0.15) is 34.6 Å². The number of carbonyl (C=O) groups excluding carboxylic acids is 2. The van der Waals surface area contributed by atoms with Gasteiger partial charge in [0.25, 0.3) is 0 Å². The smallest absolute Gasteiger partial charge is 0.228 e. The highest BCUT2D eigenvalue weighted by molar-refractivity contribution is 6.32. The molecule has 0 saturated carbocycles. The van der Waals surface area contributed by atoms with Gasteiger partial charge in [0.05, 0.1) is 6.10 Å². The maximum Gasteiger partial charge on any atom is 0.228 e. The average Bonchev–Trinajstić information content (AvgIpc) is 2.25. The van der Waals surface area contributed by atoms with Crippen LogP contribution < -0.4 is 0 Å². The summed E-state index contributed by atoms with van der Waals surface area (Å²) in [6.45, 7) is 3.60. The molecule has 3 nitrogen and oxygen atoms in total. The first kappa shape index (κ1) is 11.9. The SMILES string of the molecule is CC(C)OC1=CC(=O)c2cc(Cl)ccc2C1=O. The highest BCUT2D eigenvalue weighted by Crippen LogP contribution is 2.25. The minimum absolute atomic E-state index is 0.0971. The highest BCUT2D eigenvalue weighted by Gasteiger charge is 2.27. The molecule has 0 fully saturated rings. The lowest BCUT2D eigenvalue weighted by molar-refractivity contribution is 0.0811. The lowest BCUT2D eigenvalue weighted by Gasteiger charge is -2.17. The van der Waals surface area contributed by atoms with Gasteiger partial charge < -0.3 is 4.74 Å². The minimum atomic E-state index is -0.273. The van der Waals surface area contributed by atoms with Gasteiger partial charge in [0.15, 0.2) is 11.5 Å². The fraction of sp³-hybridized carbons (Fsp3) is 0.231. The molecular formula is C13H11ClO3. The molecule has 1 aliphatic carbocycles. The van der Waals surface area contributed by atoms with Crippen molar-refractivity contribution in [3.8, 4) is 0 Å². The number of hydrogen-bond acceptors (Lipinski definition) is 3. The number of ketones is 2. The average molecular weight is 251 g/mol. The zero-order valence-corrected chi connectivity index (χ0v) is 10.2. The van der Waals surface area contributed by atoms with E-state index in [4.69, 9.17) is 16.3 Å². The largest absolute Gasteiger partial charge is 0.487 e. The number of rotatable bonds is 2. The lowest BCUT2D eigenvalue weighted by Crippen LogP contribution is -2.20. The molecule has 0 amide bonds. The van der Waals surface area contributed by atoms with Crippen LogP contribution in [0.25, 0.3) is 0 Å². The molecule has 0 aliphatic heterocycles. The van der Waals surface area contributed by atoms with Gasteiger partial charge in [-0.3, -0.25) is 9.59 Å². The molecule has 0 spiro atoms. The lowest BCUT2D eigenvalue weighted by atomic mass is 9.93. The van der Waals surface area contributed by atoms with Crippen molar-refractivity contribution in [1.29, 1.82) is 0 Å². The van der Waals surface area contributed by atoms with Gasteiger partial charge in [-0.05, 0) is 32.0 Å². The molecule has 1 aromatic rings.